The first-order valence-electron chi connectivity index (χ1n) is 16.8. The molecule has 0 saturated carbocycles. The molecule has 2 aromatic carbocycles. The predicted octanol–water partition coefficient (Wildman–Crippen LogP) is 12.8. The molecule has 238 valence electrons. The SMILES string of the molecule is CCCCC(C)(C)CC(C)(C)CC(C)(OOC(C)(CC(C)(C)CC(C)(C)CCCC)c1ccccc1)c1ccccc1. The van der Waals surface area contributed by atoms with Crippen LogP contribution in [0.3, 0.4) is 0 Å². The summed E-state index contributed by atoms with van der Waals surface area (Å²) in [5.74, 6) is 0. The summed E-state index contributed by atoms with van der Waals surface area (Å²) in [5.41, 5.74) is 1.85. The summed E-state index contributed by atoms with van der Waals surface area (Å²) < 4.78 is 0. The van der Waals surface area contributed by atoms with Gasteiger partial charge in [0, 0.05) is 0 Å². The van der Waals surface area contributed by atoms with E-state index in [1.54, 1.807) is 0 Å². The van der Waals surface area contributed by atoms with E-state index >= 15 is 0 Å². The highest BCUT2D eigenvalue weighted by molar-refractivity contribution is 5.24. The van der Waals surface area contributed by atoms with Gasteiger partial charge >= 0.3 is 0 Å². The van der Waals surface area contributed by atoms with Gasteiger partial charge in [-0.05, 0) is 85.2 Å². The van der Waals surface area contributed by atoms with E-state index in [2.05, 4.69) is 144 Å². The Bertz CT molecular complexity index is 950. The average Bonchev–Trinajstić information content (AvgIpc) is 2.89. The van der Waals surface area contributed by atoms with Crippen molar-refractivity contribution < 1.29 is 9.78 Å². The second-order valence-electron chi connectivity index (χ2n) is 16.9. The first-order valence-corrected chi connectivity index (χ1v) is 16.8. The number of hydrogen-bond donors (Lipinski definition) is 0. The standard InChI is InChI=1S/C40H66O2/c1-13-15-27-35(3,4)29-37(7,8)31-39(11,33-23-19-17-20-24-33)41-42-40(12,34-25-21-18-22-26-34)32-38(9,10)30-36(5,6)28-16-14-2/h17-26H,13-16,27-32H2,1-12H3. The van der Waals surface area contributed by atoms with Gasteiger partial charge in [-0.1, -0.05) is 156 Å². The first-order chi connectivity index (χ1) is 19.4. The number of hydrogen-bond acceptors (Lipinski definition) is 2. The second kappa shape index (κ2) is 14.9. The molecular weight excluding hydrogens is 512 g/mol. The van der Waals surface area contributed by atoms with Crippen molar-refractivity contribution in [1.82, 2.24) is 0 Å². The van der Waals surface area contributed by atoms with Crippen molar-refractivity contribution in [3.63, 3.8) is 0 Å². The molecular formula is C40H66O2. The highest BCUT2D eigenvalue weighted by Gasteiger charge is 2.43. The Hall–Kier alpha value is -1.64. The summed E-state index contributed by atoms with van der Waals surface area (Å²) in [6.07, 6.45) is 11.6. The van der Waals surface area contributed by atoms with Crippen LogP contribution >= 0.6 is 0 Å². The lowest BCUT2D eigenvalue weighted by atomic mass is 9.67. The predicted molar refractivity (Wildman–Crippen MR) is 182 cm³/mol. The molecule has 42 heavy (non-hydrogen) atoms. The van der Waals surface area contributed by atoms with Gasteiger partial charge in [0.15, 0.2) is 0 Å². The average molecular weight is 579 g/mol. The molecule has 0 aliphatic rings. The van der Waals surface area contributed by atoms with Crippen molar-refractivity contribution in [3.05, 3.63) is 71.8 Å². The van der Waals surface area contributed by atoms with E-state index < -0.39 is 11.2 Å². The fourth-order valence-electron chi connectivity index (χ4n) is 8.15. The molecule has 2 atom stereocenters. The molecule has 2 nitrogen and oxygen atoms in total. The Morgan fingerprint density at radius 1 is 0.429 bits per heavy atom. The van der Waals surface area contributed by atoms with E-state index in [4.69, 9.17) is 9.78 Å². The zero-order chi connectivity index (χ0) is 31.7. The van der Waals surface area contributed by atoms with Crippen molar-refractivity contribution in [2.75, 3.05) is 0 Å². The minimum Gasteiger partial charge on any atom is -0.225 e. The lowest BCUT2D eigenvalue weighted by molar-refractivity contribution is -0.425. The van der Waals surface area contributed by atoms with Crippen molar-refractivity contribution in [2.45, 2.75) is 158 Å². The van der Waals surface area contributed by atoms with Gasteiger partial charge in [0.2, 0.25) is 0 Å². The van der Waals surface area contributed by atoms with E-state index in [9.17, 15) is 0 Å². The summed E-state index contributed by atoms with van der Waals surface area (Å²) >= 11 is 0. The van der Waals surface area contributed by atoms with Crippen LogP contribution in [0.15, 0.2) is 60.7 Å². The highest BCUT2D eigenvalue weighted by atomic mass is 17.2. The van der Waals surface area contributed by atoms with E-state index in [-0.39, 0.29) is 21.7 Å². The van der Waals surface area contributed by atoms with Gasteiger partial charge in [-0.25, -0.2) is 9.78 Å². The Balaban J connectivity index is 2.41. The molecule has 2 rings (SSSR count). The van der Waals surface area contributed by atoms with Crippen LogP contribution in [0.5, 0.6) is 0 Å². The molecule has 0 bridgehead atoms. The lowest BCUT2D eigenvalue weighted by Crippen LogP contribution is -2.40. The molecule has 0 aromatic heterocycles. The topological polar surface area (TPSA) is 18.5 Å². The maximum Gasteiger partial charge on any atom is 0.126 e. The van der Waals surface area contributed by atoms with Crippen LogP contribution in [0.2, 0.25) is 0 Å². The lowest BCUT2D eigenvalue weighted by Gasteiger charge is -2.44. The molecule has 0 heterocycles. The summed E-state index contributed by atoms with van der Waals surface area (Å²) in [7, 11) is 0. The van der Waals surface area contributed by atoms with Crippen molar-refractivity contribution >= 4 is 0 Å². The minimum atomic E-state index is -0.591. The molecule has 2 unspecified atom stereocenters. The van der Waals surface area contributed by atoms with Gasteiger partial charge in [0.1, 0.15) is 11.2 Å². The number of rotatable bonds is 19. The molecule has 0 aliphatic carbocycles. The van der Waals surface area contributed by atoms with Crippen LogP contribution in [0.4, 0.5) is 0 Å². The molecule has 0 N–H and O–H groups in total. The van der Waals surface area contributed by atoms with E-state index in [1.165, 1.54) is 49.7 Å². The Labute approximate surface area is 261 Å². The second-order valence-corrected chi connectivity index (χ2v) is 16.9. The van der Waals surface area contributed by atoms with Gasteiger partial charge < -0.3 is 0 Å². The molecule has 0 aliphatic heterocycles. The van der Waals surface area contributed by atoms with Gasteiger partial charge in [0.25, 0.3) is 0 Å². The minimum absolute atomic E-state index is 0.0664. The summed E-state index contributed by atoms with van der Waals surface area (Å²) in [6, 6.07) is 21.4. The third-order valence-corrected chi connectivity index (χ3v) is 9.14. The van der Waals surface area contributed by atoms with Crippen molar-refractivity contribution in [2.24, 2.45) is 21.7 Å². The molecule has 0 radical (unpaired) electrons. The van der Waals surface area contributed by atoms with Crippen LogP contribution in [-0.2, 0) is 21.0 Å². The summed E-state index contributed by atoms with van der Waals surface area (Å²) in [4.78, 5) is 13.6. The largest absolute Gasteiger partial charge is 0.225 e. The quantitative estimate of drug-likeness (QED) is 0.122. The third-order valence-electron chi connectivity index (χ3n) is 9.14. The van der Waals surface area contributed by atoms with Crippen LogP contribution in [0, 0.1) is 21.7 Å². The molecule has 0 spiro atoms. The van der Waals surface area contributed by atoms with E-state index in [1.807, 2.05) is 0 Å². The van der Waals surface area contributed by atoms with Crippen molar-refractivity contribution in [3.8, 4) is 0 Å². The number of unbranched alkanes of at least 4 members (excludes halogenated alkanes) is 2. The zero-order valence-electron chi connectivity index (χ0n) is 29.7. The van der Waals surface area contributed by atoms with Crippen molar-refractivity contribution in [1.29, 1.82) is 0 Å². The van der Waals surface area contributed by atoms with Crippen LogP contribution in [0.1, 0.15) is 158 Å². The zero-order valence-corrected chi connectivity index (χ0v) is 29.7. The third kappa shape index (κ3) is 11.8. The summed E-state index contributed by atoms with van der Waals surface area (Å²) in [5, 5.41) is 0. The first kappa shape index (κ1) is 36.6. The van der Waals surface area contributed by atoms with E-state index in [0.29, 0.717) is 0 Å². The van der Waals surface area contributed by atoms with Gasteiger partial charge in [-0.2, -0.15) is 0 Å². The number of benzene rings is 2. The van der Waals surface area contributed by atoms with Gasteiger partial charge in [-0.15, -0.1) is 0 Å². The molecule has 2 aromatic rings. The normalized spacial score (nSPS) is 16.2. The molecule has 0 fully saturated rings. The van der Waals surface area contributed by atoms with Crippen LogP contribution in [-0.4, -0.2) is 0 Å². The van der Waals surface area contributed by atoms with Gasteiger partial charge in [-0.3, -0.25) is 0 Å². The Kier molecular flexibility index (Phi) is 13.0. The van der Waals surface area contributed by atoms with Crippen LogP contribution < -0.4 is 0 Å². The Morgan fingerprint density at radius 2 is 0.738 bits per heavy atom. The molecule has 0 amide bonds. The highest BCUT2D eigenvalue weighted by Crippen LogP contribution is 2.49. The molecule has 0 saturated heterocycles. The Morgan fingerprint density at radius 3 is 1.02 bits per heavy atom. The van der Waals surface area contributed by atoms with Gasteiger partial charge in [0.05, 0.1) is 0 Å². The fourth-order valence-corrected chi connectivity index (χ4v) is 8.15. The van der Waals surface area contributed by atoms with E-state index in [0.717, 1.165) is 25.7 Å². The van der Waals surface area contributed by atoms with Crippen LogP contribution in [0.25, 0.3) is 0 Å². The molecule has 2 heteroatoms. The maximum atomic E-state index is 6.81. The maximum absolute atomic E-state index is 6.81. The summed E-state index contributed by atoms with van der Waals surface area (Å²) in [6.45, 7) is 28.4. The monoisotopic (exact) mass is 579 g/mol. The fraction of sp³-hybridized carbons (Fsp3) is 0.700. The smallest absolute Gasteiger partial charge is 0.126 e.